The zero-order valence-corrected chi connectivity index (χ0v) is 14.0. The predicted molar refractivity (Wildman–Crippen MR) is 90.8 cm³/mol. The highest BCUT2D eigenvalue weighted by molar-refractivity contribution is 6.30. The molecule has 0 saturated carbocycles. The number of halogens is 1. The summed E-state index contributed by atoms with van der Waals surface area (Å²) in [6, 6.07) is 8.62. The van der Waals surface area contributed by atoms with E-state index in [1.165, 1.54) is 6.20 Å². The Labute approximate surface area is 145 Å². The first-order chi connectivity index (χ1) is 11.6. The molecule has 0 spiro atoms. The summed E-state index contributed by atoms with van der Waals surface area (Å²) >= 11 is 5.88. The molecule has 1 aromatic heterocycles. The largest absolute Gasteiger partial charge is 0.493 e. The van der Waals surface area contributed by atoms with Gasteiger partial charge >= 0.3 is 0 Å². The molecular weight excluding hydrogens is 330 g/mol. The van der Waals surface area contributed by atoms with Crippen molar-refractivity contribution < 1.29 is 14.3 Å². The van der Waals surface area contributed by atoms with Crippen LogP contribution in [0.15, 0.2) is 42.7 Å². The number of ether oxygens (including phenoxy) is 1. The Kier molecular flexibility index (Phi) is 6.57. The smallest absolute Gasteiger partial charge is 0.271 e. The number of nitrogens with one attached hydrogen (secondary N) is 2. The minimum absolute atomic E-state index is 0.236. The van der Waals surface area contributed by atoms with Gasteiger partial charge in [0, 0.05) is 23.8 Å². The Hall–Kier alpha value is -2.60. The number of carbonyl (C=O) groups excluding carboxylic acids is 2. The summed E-state index contributed by atoms with van der Waals surface area (Å²) in [7, 11) is 0. The summed E-state index contributed by atoms with van der Waals surface area (Å²) in [6.07, 6.45) is 3.75. The molecule has 6 nitrogen and oxygen atoms in total. The summed E-state index contributed by atoms with van der Waals surface area (Å²) in [4.78, 5) is 27.3. The SMILES string of the molecule is Cc1cc(Cl)ccc1OCCCC(=O)NNC(=O)c1cccnc1. The lowest BCUT2D eigenvalue weighted by molar-refractivity contribution is -0.122. The van der Waals surface area contributed by atoms with Crippen molar-refractivity contribution in [2.75, 3.05) is 6.61 Å². The van der Waals surface area contributed by atoms with Crippen LogP contribution in [-0.2, 0) is 4.79 Å². The first-order valence-electron chi connectivity index (χ1n) is 7.44. The third-order valence-corrected chi connectivity index (χ3v) is 3.42. The van der Waals surface area contributed by atoms with E-state index in [1.807, 2.05) is 13.0 Å². The molecule has 0 aliphatic carbocycles. The number of aromatic nitrogens is 1. The van der Waals surface area contributed by atoms with Crippen LogP contribution in [0, 0.1) is 6.92 Å². The Morgan fingerprint density at radius 2 is 2.08 bits per heavy atom. The zero-order chi connectivity index (χ0) is 17.4. The first kappa shape index (κ1) is 17.7. The standard InChI is InChI=1S/C17H18ClN3O3/c1-12-10-14(18)6-7-15(12)24-9-3-5-16(22)20-21-17(23)13-4-2-8-19-11-13/h2,4,6-8,10-11H,3,5,9H2,1H3,(H,20,22)(H,21,23). The summed E-state index contributed by atoms with van der Waals surface area (Å²) in [6.45, 7) is 2.30. The fourth-order valence-corrected chi connectivity index (χ4v) is 2.17. The quantitative estimate of drug-likeness (QED) is 0.622. The van der Waals surface area contributed by atoms with E-state index in [-0.39, 0.29) is 12.3 Å². The topological polar surface area (TPSA) is 80.3 Å². The van der Waals surface area contributed by atoms with Gasteiger partial charge in [0.05, 0.1) is 12.2 Å². The van der Waals surface area contributed by atoms with Gasteiger partial charge in [-0.05, 0) is 49.2 Å². The van der Waals surface area contributed by atoms with Crippen LogP contribution in [0.2, 0.25) is 5.02 Å². The van der Waals surface area contributed by atoms with Crippen molar-refractivity contribution in [3.63, 3.8) is 0 Å². The van der Waals surface area contributed by atoms with Gasteiger partial charge in [-0.1, -0.05) is 11.6 Å². The highest BCUT2D eigenvalue weighted by Crippen LogP contribution is 2.21. The van der Waals surface area contributed by atoms with Gasteiger partial charge in [-0.25, -0.2) is 0 Å². The Morgan fingerprint density at radius 1 is 1.25 bits per heavy atom. The van der Waals surface area contributed by atoms with Crippen LogP contribution in [-0.4, -0.2) is 23.4 Å². The Morgan fingerprint density at radius 3 is 2.79 bits per heavy atom. The summed E-state index contributed by atoms with van der Waals surface area (Å²) in [5.41, 5.74) is 6.01. The molecule has 0 aliphatic heterocycles. The Bertz CT molecular complexity index is 707. The van der Waals surface area contributed by atoms with Crippen molar-refractivity contribution in [2.45, 2.75) is 19.8 Å². The fraction of sp³-hybridized carbons (Fsp3) is 0.235. The molecule has 2 amide bonds. The lowest BCUT2D eigenvalue weighted by atomic mass is 10.2. The van der Waals surface area contributed by atoms with Crippen molar-refractivity contribution in [1.82, 2.24) is 15.8 Å². The van der Waals surface area contributed by atoms with E-state index in [4.69, 9.17) is 16.3 Å². The van der Waals surface area contributed by atoms with E-state index in [1.54, 1.807) is 30.5 Å². The van der Waals surface area contributed by atoms with Gasteiger partial charge in [0.1, 0.15) is 5.75 Å². The molecule has 24 heavy (non-hydrogen) atoms. The van der Waals surface area contributed by atoms with Gasteiger partial charge in [-0.15, -0.1) is 0 Å². The van der Waals surface area contributed by atoms with Gasteiger partial charge < -0.3 is 4.74 Å². The fourth-order valence-electron chi connectivity index (χ4n) is 1.95. The predicted octanol–water partition coefficient (Wildman–Crippen LogP) is 2.66. The van der Waals surface area contributed by atoms with Crippen LogP contribution in [0.5, 0.6) is 5.75 Å². The number of carbonyl (C=O) groups is 2. The maximum Gasteiger partial charge on any atom is 0.271 e. The van der Waals surface area contributed by atoms with Crippen molar-refractivity contribution in [1.29, 1.82) is 0 Å². The van der Waals surface area contributed by atoms with Crippen LogP contribution >= 0.6 is 11.6 Å². The maximum atomic E-state index is 11.7. The van der Waals surface area contributed by atoms with Gasteiger partial charge in [0.15, 0.2) is 0 Å². The number of rotatable bonds is 6. The number of amides is 2. The van der Waals surface area contributed by atoms with Crippen molar-refractivity contribution in [2.24, 2.45) is 0 Å². The van der Waals surface area contributed by atoms with E-state index in [0.717, 1.165) is 11.3 Å². The molecule has 0 radical (unpaired) electrons. The molecule has 2 N–H and O–H groups in total. The minimum atomic E-state index is -0.413. The summed E-state index contributed by atoms with van der Waals surface area (Å²) < 4.78 is 5.60. The average Bonchev–Trinajstić information content (AvgIpc) is 2.59. The van der Waals surface area contributed by atoms with E-state index < -0.39 is 5.91 Å². The first-order valence-corrected chi connectivity index (χ1v) is 7.82. The molecule has 0 atom stereocenters. The molecule has 2 aromatic rings. The van der Waals surface area contributed by atoms with E-state index >= 15 is 0 Å². The summed E-state index contributed by atoms with van der Waals surface area (Å²) in [5, 5.41) is 0.656. The second kappa shape index (κ2) is 8.88. The van der Waals surface area contributed by atoms with Crippen LogP contribution in [0.4, 0.5) is 0 Å². The monoisotopic (exact) mass is 347 g/mol. The summed E-state index contributed by atoms with van der Waals surface area (Å²) in [5.74, 6) is 0.0397. The van der Waals surface area contributed by atoms with E-state index in [2.05, 4.69) is 15.8 Å². The number of pyridine rings is 1. The molecule has 1 heterocycles. The lowest BCUT2D eigenvalue weighted by Crippen LogP contribution is -2.41. The molecule has 126 valence electrons. The molecule has 1 aromatic carbocycles. The van der Waals surface area contributed by atoms with Crippen LogP contribution in [0.3, 0.4) is 0 Å². The highest BCUT2D eigenvalue weighted by atomic mass is 35.5. The van der Waals surface area contributed by atoms with Crippen LogP contribution < -0.4 is 15.6 Å². The maximum absolute atomic E-state index is 11.7. The average molecular weight is 348 g/mol. The van der Waals surface area contributed by atoms with Crippen molar-refractivity contribution in [3.8, 4) is 5.75 Å². The molecule has 0 bridgehead atoms. The number of hydrazine groups is 1. The third-order valence-electron chi connectivity index (χ3n) is 3.18. The number of benzene rings is 1. The molecule has 0 aliphatic rings. The molecule has 2 rings (SSSR count). The molecule has 0 saturated heterocycles. The lowest BCUT2D eigenvalue weighted by Gasteiger charge is -2.10. The van der Waals surface area contributed by atoms with Gasteiger partial charge in [0.2, 0.25) is 5.91 Å². The second-order valence-corrected chi connectivity index (χ2v) is 5.54. The van der Waals surface area contributed by atoms with Crippen molar-refractivity contribution >= 4 is 23.4 Å². The molecule has 0 fully saturated rings. The molecule has 7 heteroatoms. The van der Waals surface area contributed by atoms with Crippen LogP contribution in [0.1, 0.15) is 28.8 Å². The zero-order valence-electron chi connectivity index (χ0n) is 13.2. The second-order valence-electron chi connectivity index (χ2n) is 5.11. The highest BCUT2D eigenvalue weighted by Gasteiger charge is 2.07. The minimum Gasteiger partial charge on any atom is -0.493 e. The van der Waals surface area contributed by atoms with E-state index in [0.29, 0.717) is 23.6 Å². The number of hydrogen-bond donors (Lipinski definition) is 2. The molecule has 0 unspecified atom stereocenters. The number of hydrogen-bond acceptors (Lipinski definition) is 4. The van der Waals surface area contributed by atoms with Crippen molar-refractivity contribution in [3.05, 3.63) is 58.9 Å². The van der Waals surface area contributed by atoms with Gasteiger partial charge in [-0.3, -0.25) is 25.4 Å². The number of aryl methyl sites for hydroxylation is 1. The Balaban J connectivity index is 1.65. The van der Waals surface area contributed by atoms with Gasteiger partial charge in [-0.2, -0.15) is 0 Å². The number of nitrogens with zero attached hydrogens (tertiary/aromatic N) is 1. The van der Waals surface area contributed by atoms with Crippen LogP contribution in [0.25, 0.3) is 0 Å². The normalized spacial score (nSPS) is 10.1. The third kappa shape index (κ3) is 5.55. The van der Waals surface area contributed by atoms with Gasteiger partial charge in [0.25, 0.3) is 5.91 Å². The molecular formula is C17H18ClN3O3. The van der Waals surface area contributed by atoms with E-state index in [9.17, 15) is 9.59 Å².